The van der Waals surface area contributed by atoms with Crippen LogP contribution in [0.4, 0.5) is 18.9 Å². The lowest BCUT2D eigenvalue weighted by Crippen LogP contribution is -2.30. The summed E-state index contributed by atoms with van der Waals surface area (Å²) in [6.07, 6.45) is -1.37. The Hall–Kier alpha value is -3.10. The molecule has 1 aromatic carbocycles. The van der Waals surface area contributed by atoms with Crippen LogP contribution in [0.1, 0.15) is 46.0 Å². The van der Waals surface area contributed by atoms with E-state index in [0.29, 0.717) is 22.9 Å². The average Bonchev–Trinajstić information content (AvgIpc) is 2.89. The highest BCUT2D eigenvalue weighted by Crippen LogP contribution is 2.21. The molecule has 0 aliphatic heterocycles. The second-order valence-electron chi connectivity index (χ2n) is 5.94. The molecule has 1 heterocycles. The van der Waals surface area contributed by atoms with Gasteiger partial charge in [0.05, 0.1) is 5.69 Å². The Morgan fingerprint density at radius 2 is 1.74 bits per heavy atom. The van der Waals surface area contributed by atoms with E-state index in [1.54, 1.807) is 13.8 Å². The monoisotopic (exact) mass is 382 g/mol. The summed E-state index contributed by atoms with van der Waals surface area (Å²) in [4.78, 5) is 38.7. The van der Waals surface area contributed by atoms with E-state index in [-0.39, 0.29) is 11.5 Å². The number of halogens is 3. The smallest absolute Gasteiger partial charge is 0.355 e. The minimum Gasteiger partial charge on any atom is -0.448 e. The van der Waals surface area contributed by atoms with E-state index in [1.165, 1.54) is 13.8 Å². The number of aromatic nitrogens is 1. The van der Waals surface area contributed by atoms with Crippen molar-refractivity contribution in [1.29, 1.82) is 0 Å². The van der Waals surface area contributed by atoms with Crippen LogP contribution in [0.3, 0.4) is 0 Å². The van der Waals surface area contributed by atoms with Gasteiger partial charge in [0, 0.05) is 11.3 Å². The summed E-state index contributed by atoms with van der Waals surface area (Å²) in [5.74, 6) is -6.77. The lowest BCUT2D eigenvalue weighted by molar-refractivity contribution is -0.123. The maximum absolute atomic E-state index is 13.6. The summed E-state index contributed by atoms with van der Waals surface area (Å²) in [5.41, 5.74) is 0.629. The van der Waals surface area contributed by atoms with Gasteiger partial charge in [0.2, 0.25) is 0 Å². The molecule has 0 fully saturated rings. The number of aryl methyl sites for hydroxylation is 1. The molecule has 2 aromatic rings. The Bertz CT molecular complexity index is 937. The Kier molecular flexibility index (Phi) is 5.72. The Balaban J connectivity index is 2.13. The molecule has 0 aliphatic rings. The van der Waals surface area contributed by atoms with Crippen LogP contribution in [0, 0.1) is 31.3 Å². The van der Waals surface area contributed by atoms with E-state index < -0.39 is 41.1 Å². The van der Waals surface area contributed by atoms with Crippen LogP contribution in [-0.4, -0.2) is 28.7 Å². The van der Waals surface area contributed by atoms with Gasteiger partial charge in [-0.2, -0.15) is 0 Å². The average molecular weight is 382 g/mol. The molecule has 2 N–H and O–H groups in total. The van der Waals surface area contributed by atoms with Crippen LogP contribution >= 0.6 is 0 Å². The molecular formula is C18H17F3N2O4. The van der Waals surface area contributed by atoms with E-state index >= 15 is 0 Å². The second kappa shape index (κ2) is 7.65. The van der Waals surface area contributed by atoms with Crippen LogP contribution < -0.4 is 5.32 Å². The molecule has 9 heteroatoms. The van der Waals surface area contributed by atoms with Gasteiger partial charge in [0.25, 0.3) is 5.91 Å². The van der Waals surface area contributed by atoms with Gasteiger partial charge < -0.3 is 15.0 Å². The molecule has 0 saturated heterocycles. The normalized spacial score (nSPS) is 11.8. The van der Waals surface area contributed by atoms with Crippen molar-refractivity contribution in [2.24, 2.45) is 0 Å². The van der Waals surface area contributed by atoms with Crippen molar-refractivity contribution >= 4 is 23.3 Å². The fraction of sp³-hybridized carbons (Fsp3) is 0.278. The molecule has 27 heavy (non-hydrogen) atoms. The third-order valence-electron chi connectivity index (χ3n) is 3.94. The maximum Gasteiger partial charge on any atom is 0.355 e. The minimum atomic E-state index is -1.73. The van der Waals surface area contributed by atoms with E-state index in [1.807, 2.05) is 5.32 Å². The Labute approximate surface area is 152 Å². The number of H-pyrrole nitrogens is 1. The maximum atomic E-state index is 13.6. The molecule has 1 atom stereocenters. The Morgan fingerprint density at radius 1 is 1.11 bits per heavy atom. The topological polar surface area (TPSA) is 88.3 Å². The van der Waals surface area contributed by atoms with Crippen molar-refractivity contribution in [1.82, 2.24) is 4.98 Å². The predicted molar refractivity (Wildman–Crippen MR) is 90.1 cm³/mol. The van der Waals surface area contributed by atoms with Gasteiger partial charge in [0.15, 0.2) is 29.3 Å². The standard InChI is InChI=1S/C18H17F3N2O4/c1-7-13(9(3)24)8(2)22-16(7)18(26)27-10(4)17(25)23-12-6-5-11(19)14(20)15(12)21/h5-6,10,22H,1-4H3,(H,23,25)/t10-/m0/s1. The zero-order chi connectivity index (χ0) is 20.5. The molecule has 1 aromatic heterocycles. The first-order valence-corrected chi connectivity index (χ1v) is 7.90. The number of ether oxygens (including phenoxy) is 1. The molecule has 0 unspecified atom stereocenters. The van der Waals surface area contributed by atoms with E-state index in [4.69, 9.17) is 4.74 Å². The van der Waals surface area contributed by atoms with Gasteiger partial charge in [-0.15, -0.1) is 0 Å². The number of ketones is 1. The number of hydrogen-bond acceptors (Lipinski definition) is 4. The zero-order valence-electron chi connectivity index (χ0n) is 15.0. The summed E-state index contributed by atoms with van der Waals surface area (Å²) in [5, 5.41) is 2.02. The van der Waals surface area contributed by atoms with Crippen molar-refractivity contribution in [2.75, 3.05) is 5.32 Å². The van der Waals surface area contributed by atoms with Crippen molar-refractivity contribution in [3.63, 3.8) is 0 Å². The summed E-state index contributed by atoms with van der Waals surface area (Å²) in [7, 11) is 0. The molecule has 0 spiro atoms. The number of rotatable bonds is 5. The molecule has 0 saturated carbocycles. The van der Waals surface area contributed by atoms with Crippen LogP contribution in [0.25, 0.3) is 0 Å². The van der Waals surface area contributed by atoms with Crippen LogP contribution in [-0.2, 0) is 9.53 Å². The number of carbonyl (C=O) groups excluding carboxylic acids is 3. The molecule has 1 amide bonds. The number of nitrogens with one attached hydrogen (secondary N) is 2. The third kappa shape index (κ3) is 4.02. The van der Waals surface area contributed by atoms with E-state index in [9.17, 15) is 27.6 Å². The van der Waals surface area contributed by atoms with Crippen LogP contribution in [0.5, 0.6) is 0 Å². The van der Waals surface area contributed by atoms with Crippen molar-refractivity contribution in [2.45, 2.75) is 33.8 Å². The number of benzene rings is 1. The van der Waals surface area contributed by atoms with Crippen molar-refractivity contribution < 1.29 is 32.3 Å². The molecule has 6 nitrogen and oxygen atoms in total. The van der Waals surface area contributed by atoms with Crippen molar-refractivity contribution in [3.8, 4) is 0 Å². The molecule has 0 radical (unpaired) electrons. The third-order valence-corrected chi connectivity index (χ3v) is 3.94. The van der Waals surface area contributed by atoms with E-state index in [2.05, 4.69) is 4.98 Å². The Morgan fingerprint density at radius 3 is 2.30 bits per heavy atom. The highest BCUT2D eigenvalue weighted by Gasteiger charge is 2.25. The number of aromatic amines is 1. The predicted octanol–water partition coefficient (Wildman–Crippen LogP) is 3.44. The van der Waals surface area contributed by atoms with E-state index in [0.717, 1.165) is 6.07 Å². The molecule has 2 rings (SSSR count). The van der Waals surface area contributed by atoms with Gasteiger partial charge in [-0.3, -0.25) is 9.59 Å². The number of carbonyl (C=O) groups is 3. The highest BCUT2D eigenvalue weighted by molar-refractivity contribution is 6.02. The molecule has 0 aliphatic carbocycles. The summed E-state index contributed by atoms with van der Waals surface area (Å²) in [6, 6.07) is 1.50. The highest BCUT2D eigenvalue weighted by atomic mass is 19.2. The largest absolute Gasteiger partial charge is 0.448 e. The first kappa shape index (κ1) is 20.2. The number of hydrogen-bond donors (Lipinski definition) is 2. The van der Waals surface area contributed by atoms with Crippen LogP contribution in [0.15, 0.2) is 12.1 Å². The number of esters is 1. The van der Waals surface area contributed by atoms with Gasteiger partial charge >= 0.3 is 5.97 Å². The van der Waals surface area contributed by atoms with Crippen molar-refractivity contribution in [3.05, 3.63) is 52.1 Å². The summed E-state index contributed by atoms with van der Waals surface area (Å²) in [6.45, 7) is 5.74. The lowest BCUT2D eigenvalue weighted by Gasteiger charge is -2.14. The van der Waals surface area contributed by atoms with Gasteiger partial charge in [-0.1, -0.05) is 0 Å². The first-order chi connectivity index (χ1) is 12.5. The quantitative estimate of drug-likeness (QED) is 0.471. The van der Waals surface area contributed by atoms with Gasteiger partial charge in [-0.25, -0.2) is 18.0 Å². The SMILES string of the molecule is CC(=O)c1c(C)[nH]c(C(=O)O[C@@H](C)C(=O)Nc2ccc(F)c(F)c2F)c1C. The minimum absolute atomic E-state index is 0.0105. The fourth-order valence-corrected chi connectivity index (χ4v) is 2.61. The molecular weight excluding hydrogens is 365 g/mol. The van der Waals surface area contributed by atoms with Gasteiger partial charge in [0.1, 0.15) is 5.69 Å². The van der Waals surface area contributed by atoms with Gasteiger partial charge in [-0.05, 0) is 45.4 Å². The van der Waals surface area contributed by atoms with Crippen LogP contribution in [0.2, 0.25) is 0 Å². The first-order valence-electron chi connectivity index (χ1n) is 7.90. The summed E-state index contributed by atoms with van der Waals surface area (Å²) < 4.78 is 44.8. The fourth-order valence-electron chi connectivity index (χ4n) is 2.61. The number of amides is 1. The second-order valence-corrected chi connectivity index (χ2v) is 5.94. The number of anilines is 1. The molecule has 0 bridgehead atoms. The summed E-state index contributed by atoms with van der Waals surface area (Å²) >= 11 is 0. The zero-order valence-corrected chi connectivity index (χ0v) is 15.0. The number of Topliss-reactive ketones (excluding diaryl/α,β-unsaturated/α-hetero) is 1. The lowest BCUT2D eigenvalue weighted by atomic mass is 10.1. The molecule has 144 valence electrons.